The fourth-order valence-corrected chi connectivity index (χ4v) is 2.87. The molecule has 22 heavy (non-hydrogen) atoms. The van der Waals surface area contributed by atoms with Crippen LogP contribution >= 0.6 is 0 Å². The summed E-state index contributed by atoms with van der Waals surface area (Å²) in [5.41, 5.74) is -0.189. The van der Waals surface area contributed by atoms with E-state index < -0.39 is 32.5 Å². The number of hydrogen-bond donors (Lipinski definition) is 1. The molecule has 0 atom stereocenters. The van der Waals surface area contributed by atoms with Crippen molar-refractivity contribution in [3.05, 3.63) is 59.7 Å². The van der Waals surface area contributed by atoms with Gasteiger partial charge >= 0.3 is 5.97 Å². The summed E-state index contributed by atoms with van der Waals surface area (Å²) in [7, 11) is -3.21. The number of ether oxygens (including phenoxy) is 1. The molecular weight excluding hydrogens is 316 g/mol. The maximum atomic E-state index is 13.8. The summed E-state index contributed by atoms with van der Waals surface area (Å²) < 4.78 is 57.7. The normalized spacial score (nSPS) is 11.0. The van der Waals surface area contributed by atoms with E-state index in [2.05, 4.69) is 4.74 Å². The largest absolute Gasteiger partial charge is 0.465 e. The second-order valence-corrected chi connectivity index (χ2v) is 5.90. The summed E-state index contributed by atoms with van der Waals surface area (Å²) >= 11 is 0. The van der Waals surface area contributed by atoms with Crippen LogP contribution in [-0.4, -0.2) is 21.5 Å². The summed E-state index contributed by atoms with van der Waals surface area (Å²) in [6.45, 7) is 0. The van der Waals surface area contributed by atoms with Gasteiger partial charge in [-0.2, -0.15) is 0 Å². The number of sulfonamides is 1. The number of halogens is 2. The van der Waals surface area contributed by atoms with Gasteiger partial charge in [-0.3, -0.25) is 4.72 Å². The highest BCUT2D eigenvalue weighted by Crippen LogP contribution is 2.21. The van der Waals surface area contributed by atoms with Crippen LogP contribution < -0.4 is 4.72 Å². The third-order valence-corrected chi connectivity index (χ3v) is 4.11. The quantitative estimate of drug-likeness (QED) is 0.876. The van der Waals surface area contributed by atoms with Gasteiger partial charge in [0.15, 0.2) is 0 Å². The minimum absolute atomic E-state index is 0.0668. The highest BCUT2D eigenvalue weighted by atomic mass is 32.2. The van der Waals surface area contributed by atoms with Gasteiger partial charge in [0.1, 0.15) is 16.5 Å². The molecule has 0 heterocycles. The molecule has 8 heteroatoms. The zero-order valence-electron chi connectivity index (χ0n) is 11.3. The van der Waals surface area contributed by atoms with Gasteiger partial charge in [-0.15, -0.1) is 0 Å². The Labute approximate surface area is 125 Å². The molecule has 0 amide bonds. The Hall–Kier alpha value is -2.48. The standard InChI is InChI=1S/C14H11F2NO4S/c1-21-14(18)9-5-6-12(16)13(7-9)22(19,20)17-11-4-2-3-10(15)8-11/h2-8,17H,1H3. The maximum absolute atomic E-state index is 13.8. The monoisotopic (exact) mass is 327 g/mol. The van der Waals surface area contributed by atoms with Crippen molar-refractivity contribution in [2.75, 3.05) is 11.8 Å². The van der Waals surface area contributed by atoms with E-state index in [1.54, 1.807) is 0 Å². The lowest BCUT2D eigenvalue weighted by Gasteiger charge is -2.10. The third kappa shape index (κ3) is 3.40. The van der Waals surface area contributed by atoms with E-state index in [0.717, 1.165) is 37.4 Å². The van der Waals surface area contributed by atoms with Crippen molar-refractivity contribution in [2.45, 2.75) is 4.90 Å². The molecule has 2 aromatic carbocycles. The number of anilines is 1. The van der Waals surface area contributed by atoms with Gasteiger partial charge in [0, 0.05) is 0 Å². The van der Waals surface area contributed by atoms with E-state index in [0.29, 0.717) is 0 Å². The van der Waals surface area contributed by atoms with Crippen LogP contribution in [0.15, 0.2) is 47.4 Å². The molecule has 1 N–H and O–H groups in total. The van der Waals surface area contributed by atoms with E-state index in [4.69, 9.17) is 0 Å². The minimum atomic E-state index is -4.32. The molecule has 0 radical (unpaired) electrons. The third-order valence-electron chi connectivity index (χ3n) is 2.72. The Morgan fingerprint density at radius 1 is 1.14 bits per heavy atom. The topological polar surface area (TPSA) is 72.5 Å². The predicted octanol–water partition coefficient (Wildman–Crippen LogP) is 2.55. The van der Waals surface area contributed by atoms with Crippen molar-refractivity contribution in [1.29, 1.82) is 0 Å². The number of carbonyl (C=O) groups is 1. The summed E-state index contributed by atoms with van der Waals surface area (Å²) in [6, 6.07) is 7.48. The molecule has 0 aliphatic carbocycles. The zero-order valence-corrected chi connectivity index (χ0v) is 12.2. The lowest BCUT2D eigenvalue weighted by atomic mass is 10.2. The summed E-state index contributed by atoms with van der Waals surface area (Å²) in [4.78, 5) is 10.7. The van der Waals surface area contributed by atoms with Crippen molar-refractivity contribution in [3.63, 3.8) is 0 Å². The summed E-state index contributed by atoms with van der Waals surface area (Å²) in [6.07, 6.45) is 0. The Morgan fingerprint density at radius 3 is 2.50 bits per heavy atom. The SMILES string of the molecule is COC(=O)c1ccc(F)c(S(=O)(=O)Nc2cccc(F)c2)c1. The number of methoxy groups -OCH3 is 1. The van der Waals surface area contributed by atoms with Crippen molar-refractivity contribution in [2.24, 2.45) is 0 Å². The van der Waals surface area contributed by atoms with Crippen LogP contribution in [0.2, 0.25) is 0 Å². The van der Waals surface area contributed by atoms with Gasteiger partial charge in [0.25, 0.3) is 10.0 Å². The van der Waals surface area contributed by atoms with Crippen LogP contribution in [-0.2, 0) is 14.8 Å². The van der Waals surface area contributed by atoms with Gasteiger partial charge in [0.05, 0.1) is 18.4 Å². The van der Waals surface area contributed by atoms with Crippen molar-refractivity contribution < 1.29 is 26.7 Å². The van der Waals surface area contributed by atoms with Crippen molar-refractivity contribution in [1.82, 2.24) is 0 Å². The maximum Gasteiger partial charge on any atom is 0.337 e. The Morgan fingerprint density at radius 2 is 1.86 bits per heavy atom. The van der Waals surface area contributed by atoms with Crippen LogP contribution in [0.4, 0.5) is 14.5 Å². The van der Waals surface area contributed by atoms with Crippen LogP contribution in [0.3, 0.4) is 0 Å². The minimum Gasteiger partial charge on any atom is -0.465 e. The highest BCUT2D eigenvalue weighted by Gasteiger charge is 2.21. The molecule has 5 nitrogen and oxygen atoms in total. The summed E-state index contributed by atoms with van der Waals surface area (Å²) in [5.74, 6) is -2.50. The average molecular weight is 327 g/mol. The number of carbonyl (C=O) groups excluding carboxylic acids is 1. The van der Waals surface area contributed by atoms with E-state index >= 15 is 0 Å². The first-order chi connectivity index (χ1) is 10.3. The molecule has 0 bridgehead atoms. The van der Waals surface area contributed by atoms with E-state index in [9.17, 15) is 22.0 Å². The molecule has 2 aromatic rings. The number of hydrogen-bond acceptors (Lipinski definition) is 4. The van der Waals surface area contributed by atoms with Gasteiger partial charge in [-0.1, -0.05) is 6.07 Å². The predicted molar refractivity (Wildman–Crippen MR) is 74.9 cm³/mol. The fourth-order valence-electron chi connectivity index (χ4n) is 1.72. The average Bonchev–Trinajstić information content (AvgIpc) is 2.46. The molecule has 0 unspecified atom stereocenters. The molecule has 116 valence electrons. The van der Waals surface area contributed by atoms with E-state index in [-0.39, 0.29) is 11.3 Å². The van der Waals surface area contributed by atoms with Gasteiger partial charge in [0.2, 0.25) is 0 Å². The van der Waals surface area contributed by atoms with Crippen molar-refractivity contribution in [3.8, 4) is 0 Å². The number of esters is 1. The van der Waals surface area contributed by atoms with Crippen molar-refractivity contribution >= 4 is 21.7 Å². The Balaban J connectivity index is 2.42. The number of nitrogens with one attached hydrogen (secondary N) is 1. The number of benzene rings is 2. The van der Waals surface area contributed by atoms with E-state index in [1.165, 1.54) is 12.1 Å². The molecule has 0 saturated carbocycles. The Kier molecular flexibility index (Phi) is 4.41. The summed E-state index contributed by atoms with van der Waals surface area (Å²) in [5, 5.41) is 0. The van der Waals surface area contributed by atoms with Crippen LogP contribution in [0, 0.1) is 11.6 Å². The molecular formula is C14H11F2NO4S. The van der Waals surface area contributed by atoms with Crippen LogP contribution in [0.1, 0.15) is 10.4 Å². The second kappa shape index (κ2) is 6.10. The fraction of sp³-hybridized carbons (Fsp3) is 0.0714. The second-order valence-electron chi connectivity index (χ2n) is 4.25. The van der Waals surface area contributed by atoms with E-state index in [1.807, 2.05) is 4.72 Å². The first-order valence-corrected chi connectivity index (χ1v) is 7.48. The lowest BCUT2D eigenvalue weighted by molar-refractivity contribution is 0.0600. The van der Waals surface area contributed by atoms with Gasteiger partial charge in [-0.05, 0) is 36.4 Å². The molecule has 0 aliphatic rings. The first-order valence-electron chi connectivity index (χ1n) is 6.00. The molecule has 0 spiro atoms. The van der Waals surface area contributed by atoms with Gasteiger partial charge < -0.3 is 4.74 Å². The lowest BCUT2D eigenvalue weighted by Crippen LogP contribution is -2.16. The van der Waals surface area contributed by atoms with Gasteiger partial charge in [-0.25, -0.2) is 22.0 Å². The number of rotatable bonds is 4. The first kappa shape index (κ1) is 15.9. The van der Waals surface area contributed by atoms with Crippen LogP contribution in [0.25, 0.3) is 0 Å². The zero-order chi connectivity index (χ0) is 16.3. The molecule has 0 aliphatic heterocycles. The molecule has 0 aromatic heterocycles. The molecule has 0 saturated heterocycles. The highest BCUT2D eigenvalue weighted by molar-refractivity contribution is 7.92. The van der Waals surface area contributed by atoms with Crippen LogP contribution in [0.5, 0.6) is 0 Å². The smallest absolute Gasteiger partial charge is 0.337 e. The Bertz CT molecular complexity index is 821. The molecule has 0 fully saturated rings. The molecule has 2 rings (SSSR count).